The van der Waals surface area contributed by atoms with Gasteiger partial charge in [0.1, 0.15) is 0 Å². The van der Waals surface area contributed by atoms with Crippen molar-refractivity contribution in [1.82, 2.24) is 5.32 Å². The van der Waals surface area contributed by atoms with E-state index in [2.05, 4.69) is 5.32 Å². The molecule has 1 saturated heterocycles. The molecule has 1 nitrogen and oxygen atoms in total. The molecule has 0 aromatic heterocycles. The van der Waals surface area contributed by atoms with Crippen LogP contribution < -0.4 is 5.32 Å². The summed E-state index contributed by atoms with van der Waals surface area (Å²) in [5.41, 5.74) is 1.40. The molecule has 1 aromatic rings. The number of benzene rings is 1. The van der Waals surface area contributed by atoms with Gasteiger partial charge in [-0.3, -0.25) is 0 Å². The lowest BCUT2D eigenvalue weighted by molar-refractivity contribution is 0.447. The number of halogens is 3. The van der Waals surface area contributed by atoms with Crippen molar-refractivity contribution in [2.24, 2.45) is 0 Å². The Hall–Kier alpha value is -0.965. The summed E-state index contributed by atoms with van der Waals surface area (Å²) in [5, 5.41) is 3.11. The van der Waals surface area contributed by atoms with E-state index in [1.807, 2.05) is 6.07 Å². The van der Waals surface area contributed by atoms with E-state index in [4.69, 9.17) is 0 Å². The van der Waals surface area contributed by atoms with Gasteiger partial charge in [0.2, 0.25) is 0 Å². The zero-order chi connectivity index (χ0) is 10.9. The van der Waals surface area contributed by atoms with Gasteiger partial charge < -0.3 is 18.3 Å². The van der Waals surface area contributed by atoms with Crippen LogP contribution in [0.3, 0.4) is 0 Å². The molecule has 1 heterocycles. The van der Waals surface area contributed by atoms with E-state index in [-0.39, 0.29) is 0 Å². The maximum atomic E-state index is 12.2. The molecule has 0 spiro atoms. The van der Waals surface area contributed by atoms with E-state index in [1.54, 1.807) is 18.2 Å². The smallest absolute Gasteiger partial charge is 0.449 e. The second kappa shape index (κ2) is 3.89. The minimum Gasteiger partial charge on any atom is -0.449 e. The van der Waals surface area contributed by atoms with Crippen LogP contribution in [0.15, 0.2) is 24.3 Å². The lowest BCUT2D eigenvalue weighted by atomic mass is 9.80. The van der Waals surface area contributed by atoms with Crippen LogP contribution in [0.25, 0.3) is 0 Å². The molecule has 1 N–H and O–H groups in total. The van der Waals surface area contributed by atoms with Gasteiger partial charge in [-0.25, -0.2) is 0 Å². The topological polar surface area (TPSA) is 12.0 Å². The third-order valence-corrected chi connectivity index (χ3v) is 2.67. The van der Waals surface area contributed by atoms with Gasteiger partial charge in [0, 0.05) is 19.0 Å². The Morgan fingerprint density at radius 1 is 1.27 bits per heavy atom. The molecule has 1 aliphatic rings. The van der Waals surface area contributed by atoms with Crippen molar-refractivity contribution in [3.8, 4) is 0 Å². The normalized spacial score (nSPS) is 17.5. The van der Waals surface area contributed by atoms with Crippen molar-refractivity contribution >= 4 is 6.98 Å². The summed E-state index contributed by atoms with van der Waals surface area (Å²) in [4.78, 5) is 0. The highest BCUT2D eigenvalue weighted by molar-refractivity contribution is 6.57. The van der Waals surface area contributed by atoms with Crippen LogP contribution in [0, 0.1) is 0 Å². The zero-order valence-corrected chi connectivity index (χ0v) is 8.22. The summed E-state index contributed by atoms with van der Waals surface area (Å²) in [6.07, 6.45) is -0.770. The first-order chi connectivity index (χ1) is 7.04. The van der Waals surface area contributed by atoms with Gasteiger partial charge in [-0.2, -0.15) is 0 Å². The third-order valence-electron chi connectivity index (χ3n) is 2.67. The monoisotopic (exact) mass is 214 g/mol. The van der Waals surface area contributed by atoms with Crippen molar-refractivity contribution in [3.05, 3.63) is 35.4 Å². The SMILES string of the molecule is F[B-](F)(F)Cc1cccc(C2CNC2)c1. The highest BCUT2D eigenvalue weighted by atomic mass is 19.4. The summed E-state index contributed by atoms with van der Waals surface area (Å²) < 4.78 is 36.7. The van der Waals surface area contributed by atoms with Gasteiger partial charge >= 0.3 is 6.98 Å². The highest BCUT2D eigenvalue weighted by Gasteiger charge is 2.24. The molecule has 0 atom stereocenters. The lowest BCUT2D eigenvalue weighted by Gasteiger charge is -2.28. The zero-order valence-electron chi connectivity index (χ0n) is 8.22. The largest absolute Gasteiger partial charge is 0.482 e. The Balaban J connectivity index is 2.11. The average molecular weight is 214 g/mol. The van der Waals surface area contributed by atoms with E-state index >= 15 is 0 Å². The molecule has 15 heavy (non-hydrogen) atoms. The number of hydrogen-bond acceptors (Lipinski definition) is 1. The molecular weight excluding hydrogens is 202 g/mol. The molecule has 1 fully saturated rings. The van der Waals surface area contributed by atoms with E-state index in [1.165, 1.54) is 0 Å². The molecule has 1 aromatic carbocycles. The molecule has 0 saturated carbocycles. The first kappa shape index (κ1) is 10.5. The van der Waals surface area contributed by atoms with Crippen LogP contribution in [0.2, 0.25) is 0 Å². The molecular formula is C10H12BF3N-. The van der Waals surface area contributed by atoms with Crippen molar-refractivity contribution in [3.63, 3.8) is 0 Å². The maximum Gasteiger partial charge on any atom is 0.482 e. The molecule has 2 rings (SSSR count). The molecule has 0 radical (unpaired) electrons. The fraction of sp³-hybridized carbons (Fsp3) is 0.400. The Bertz CT molecular complexity index is 347. The lowest BCUT2D eigenvalue weighted by Crippen LogP contribution is -2.39. The van der Waals surface area contributed by atoms with E-state index < -0.39 is 13.3 Å². The Morgan fingerprint density at radius 3 is 2.53 bits per heavy atom. The van der Waals surface area contributed by atoms with E-state index in [9.17, 15) is 12.9 Å². The van der Waals surface area contributed by atoms with E-state index in [0.717, 1.165) is 18.7 Å². The summed E-state index contributed by atoms with van der Waals surface area (Å²) in [5.74, 6) is 0.394. The molecule has 0 unspecified atom stereocenters. The maximum absolute atomic E-state index is 12.2. The molecule has 82 valence electrons. The van der Waals surface area contributed by atoms with Crippen molar-refractivity contribution < 1.29 is 12.9 Å². The number of hydrogen-bond donors (Lipinski definition) is 1. The summed E-state index contributed by atoms with van der Waals surface area (Å²) in [6.45, 7) is -2.97. The van der Waals surface area contributed by atoms with Gasteiger partial charge in [0.25, 0.3) is 0 Å². The van der Waals surface area contributed by atoms with Gasteiger partial charge in [-0.05, 0) is 5.56 Å². The number of rotatable bonds is 3. The minimum absolute atomic E-state index is 0.381. The predicted octanol–water partition coefficient (Wildman–Crippen LogP) is 2.30. The van der Waals surface area contributed by atoms with Crippen molar-refractivity contribution in [1.29, 1.82) is 0 Å². The Labute approximate surface area is 86.7 Å². The van der Waals surface area contributed by atoms with Crippen LogP contribution in [0.1, 0.15) is 17.0 Å². The third kappa shape index (κ3) is 2.75. The Morgan fingerprint density at radius 2 is 2.00 bits per heavy atom. The second-order valence-electron chi connectivity index (χ2n) is 4.01. The van der Waals surface area contributed by atoms with Crippen LogP contribution in [0.5, 0.6) is 0 Å². The standard InChI is InChI=1S/C10H12BF3N/c12-11(13,14)5-8-2-1-3-9(4-8)10-6-15-7-10/h1-4,10,15H,5-7H2/q-1. The van der Waals surface area contributed by atoms with Crippen LogP contribution in [-0.2, 0) is 6.32 Å². The quantitative estimate of drug-likeness (QED) is 0.761. The molecule has 1 aliphatic heterocycles. The van der Waals surface area contributed by atoms with Crippen molar-refractivity contribution in [2.75, 3.05) is 13.1 Å². The fourth-order valence-electron chi connectivity index (χ4n) is 1.77. The fourth-order valence-corrected chi connectivity index (χ4v) is 1.77. The van der Waals surface area contributed by atoms with Gasteiger partial charge in [0.05, 0.1) is 0 Å². The molecule has 0 bridgehead atoms. The first-order valence-corrected chi connectivity index (χ1v) is 5.05. The molecule has 0 aliphatic carbocycles. The highest BCUT2D eigenvalue weighted by Crippen LogP contribution is 2.23. The van der Waals surface area contributed by atoms with Gasteiger partial charge in [-0.15, -0.1) is 0 Å². The van der Waals surface area contributed by atoms with Crippen molar-refractivity contribution in [2.45, 2.75) is 12.2 Å². The van der Waals surface area contributed by atoms with Crippen LogP contribution in [0.4, 0.5) is 12.9 Å². The average Bonchev–Trinajstić information content (AvgIpc) is 1.97. The van der Waals surface area contributed by atoms with Gasteiger partial charge in [0.15, 0.2) is 0 Å². The summed E-state index contributed by atoms with van der Waals surface area (Å²) >= 11 is 0. The van der Waals surface area contributed by atoms with E-state index in [0.29, 0.717) is 11.5 Å². The second-order valence-corrected chi connectivity index (χ2v) is 4.01. The van der Waals surface area contributed by atoms with Crippen LogP contribution >= 0.6 is 0 Å². The predicted molar refractivity (Wildman–Crippen MR) is 54.8 cm³/mol. The molecule has 5 heteroatoms. The first-order valence-electron chi connectivity index (χ1n) is 5.05. The molecule has 0 amide bonds. The summed E-state index contributed by atoms with van der Waals surface area (Å²) in [6, 6.07) is 6.84. The number of nitrogens with one attached hydrogen (secondary N) is 1. The van der Waals surface area contributed by atoms with Crippen LogP contribution in [-0.4, -0.2) is 20.1 Å². The Kier molecular flexibility index (Phi) is 2.73. The van der Waals surface area contributed by atoms with Gasteiger partial charge in [-0.1, -0.05) is 36.1 Å². The minimum atomic E-state index is -4.72. The summed E-state index contributed by atoms with van der Waals surface area (Å²) in [7, 11) is 0.